The lowest BCUT2D eigenvalue weighted by Crippen LogP contribution is -2.57. The van der Waals surface area contributed by atoms with E-state index in [9.17, 15) is 19.2 Å². The van der Waals surface area contributed by atoms with Crippen LogP contribution in [-0.2, 0) is 14.4 Å². The molecule has 0 radical (unpaired) electrons. The number of fused-ring (bicyclic) bond motifs is 1. The normalized spacial score (nSPS) is 18.2. The van der Waals surface area contributed by atoms with E-state index in [-0.39, 0.29) is 18.4 Å². The summed E-state index contributed by atoms with van der Waals surface area (Å²) in [6.45, 7) is 0.590. The van der Waals surface area contributed by atoms with E-state index in [0.717, 1.165) is 36.6 Å². The lowest BCUT2D eigenvalue weighted by molar-refractivity contribution is -0.136. The maximum absolute atomic E-state index is 13.0. The highest BCUT2D eigenvalue weighted by molar-refractivity contribution is 6.00. The van der Waals surface area contributed by atoms with E-state index in [1.54, 1.807) is 11.0 Å². The molecule has 1 saturated carbocycles. The highest BCUT2D eigenvalue weighted by Gasteiger charge is 2.33. The van der Waals surface area contributed by atoms with Crippen molar-refractivity contribution in [1.29, 1.82) is 0 Å². The average Bonchev–Trinajstić information content (AvgIpc) is 3.48. The van der Waals surface area contributed by atoms with Crippen molar-refractivity contribution in [3.63, 3.8) is 0 Å². The molecule has 2 unspecified atom stereocenters. The number of piperidine rings is 1. The molecule has 9 heteroatoms. The second-order valence-electron chi connectivity index (χ2n) is 8.74. The van der Waals surface area contributed by atoms with Crippen molar-refractivity contribution >= 4 is 34.5 Å². The monoisotopic (exact) mass is 439 g/mol. The van der Waals surface area contributed by atoms with Crippen molar-refractivity contribution in [3.05, 3.63) is 36.0 Å². The Morgan fingerprint density at radius 1 is 1.12 bits per heavy atom. The molecule has 9 nitrogen and oxygen atoms in total. The summed E-state index contributed by atoms with van der Waals surface area (Å²) in [7, 11) is 0. The van der Waals surface area contributed by atoms with Crippen molar-refractivity contribution in [2.45, 2.75) is 50.6 Å². The molecular weight excluding hydrogens is 410 g/mol. The molecule has 2 heterocycles. The molecule has 2 aliphatic rings. The maximum Gasteiger partial charge on any atom is 0.268 e. The quantitative estimate of drug-likeness (QED) is 0.464. The molecule has 1 aliphatic carbocycles. The molecule has 2 atom stereocenters. The second kappa shape index (κ2) is 9.42. The lowest BCUT2D eigenvalue weighted by atomic mass is 10.1. The minimum absolute atomic E-state index is 0.0432. The van der Waals surface area contributed by atoms with Gasteiger partial charge in [0, 0.05) is 30.4 Å². The number of aromatic amines is 1. The number of likely N-dealkylation sites (tertiary alicyclic amines) is 1. The Kier molecular flexibility index (Phi) is 6.43. The smallest absolute Gasteiger partial charge is 0.268 e. The summed E-state index contributed by atoms with van der Waals surface area (Å²) in [5.41, 5.74) is 6.71. The van der Waals surface area contributed by atoms with Crippen LogP contribution in [0.2, 0.25) is 0 Å². The van der Waals surface area contributed by atoms with E-state index >= 15 is 0 Å². The number of nitrogens with zero attached hydrogens (tertiary/aromatic N) is 1. The van der Waals surface area contributed by atoms with Crippen LogP contribution in [-0.4, -0.2) is 58.7 Å². The molecule has 2 aromatic rings. The third-order valence-corrected chi connectivity index (χ3v) is 6.15. The number of nitrogens with one attached hydrogen (secondary N) is 3. The summed E-state index contributed by atoms with van der Waals surface area (Å²) in [6, 6.07) is 7.48. The number of carbonyl (C=O) groups is 4. The molecule has 4 rings (SSSR count). The van der Waals surface area contributed by atoms with Gasteiger partial charge in [0.05, 0.1) is 0 Å². The molecule has 4 amide bonds. The minimum Gasteiger partial charge on any atom is -0.368 e. The molecule has 1 aromatic heterocycles. The van der Waals surface area contributed by atoms with Crippen molar-refractivity contribution in [2.24, 2.45) is 11.7 Å². The number of hydrogen-bond donors (Lipinski definition) is 4. The highest BCUT2D eigenvalue weighted by atomic mass is 16.2. The van der Waals surface area contributed by atoms with Gasteiger partial charge in [0.1, 0.15) is 17.8 Å². The van der Waals surface area contributed by atoms with Crippen LogP contribution >= 0.6 is 0 Å². The largest absolute Gasteiger partial charge is 0.368 e. The van der Waals surface area contributed by atoms with E-state index in [2.05, 4.69) is 15.6 Å². The fourth-order valence-corrected chi connectivity index (χ4v) is 4.10. The Hall–Kier alpha value is -3.36. The first kappa shape index (κ1) is 21.9. The third-order valence-electron chi connectivity index (χ3n) is 6.15. The number of carbonyl (C=O) groups excluding carboxylic acids is 4. The topological polar surface area (TPSA) is 137 Å². The Bertz CT molecular complexity index is 995. The zero-order chi connectivity index (χ0) is 22.7. The van der Waals surface area contributed by atoms with Crippen LogP contribution in [0, 0.1) is 5.92 Å². The third kappa shape index (κ3) is 5.27. The molecule has 170 valence electrons. The van der Waals surface area contributed by atoms with Crippen LogP contribution in [0.15, 0.2) is 30.3 Å². The van der Waals surface area contributed by atoms with Gasteiger partial charge in [0.15, 0.2) is 0 Å². The van der Waals surface area contributed by atoms with Gasteiger partial charge in [0.25, 0.3) is 5.91 Å². The van der Waals surface area contributed by atoms with Crippen LogP contribution in [0.1, 0.15) is 49.0 Å². The number of rotatable bonds is 9. The predicted octanol–water partition coefficient (Wildman–Crippen LogP) is 1.05. The van der Waals surface area contributed by atoms with E-state index in [0.29, 0.717) is 31.0 Å². The number of primary amides is 1. The molecular formula is C23H29N5O4. The molecule has 5 N–H and O–H groups in total. The first-order valence-corrected chi connectivity index (χ1v) is 11.2. The molecule has 2 fully saturated rings. The van der Waals surface area contributed by atoms with E-state index in [1.807, 2.05) is 24.3 Å². The predicted molar refractivity (Wildman–Crippen MR) is 118 cm³/mol. The zero-order valence-electron chi connectivity index (χ0n) is 17.9. The molecule has 1 aromatic carbocycles. The maximum atomic E-state index is 13.0. The lowest BCUT2D eigenvalue weighted by Gasteiger charge is -2.30. The van der Waals surface area contributed by atoms with Crippen LogP contribution in [0.3, 0.4) is 0 Å². The molecule has 0 bridgehead atoms. The fraction of sp³-hybridized carbons (Fsp3) is 0.478. The highest BCUT2D eigenvalue weighted by Crippen LogP contribution is 2.33. The molecule has 1 aliphatic heterocycles. The molecule has 1 saturated heterocycles. The Morgan fingerprint density at radius 3 is 2.59 bits per heavy atom. The SMILES string of the molecule is NC(=O)C(CN1CCCCC1=O)NC(=O)C(CC1CC1)NC(=O)c1cc2ccccc2[nH]1. The van der Waals surface area contributed by atoms with Crippen molar-refractivity contribution in [3.8, 4) is 0 Å². The van der Waals surface area contributed by atoms with Gasteiger partial charge < -0.3 is 26.3 Å². The number of nitrogens with two attached hydrogens (primary N) is 1. The number of aromatic nitrogens is 1. The van der Waals surface area contributed by atoms with Gasteiger partial charge in [-0.25, -0.2) is 0 Å². The average molecular weight is 440 g/mol. The standard InChI is InChI=1S/C23H29N5O4/c24-21(30)19(13-28-10-4-3-7-20(28)29)27-22(31)17(11-14-8-9-14)26-23(32)18-12-15-5-1-2-6-16(15)25-18/h1-2,5-6,12,14,17,19,25H,3-4,7-11,13H2,(H2,24,30)(H,26,32)(H,27,31). The van der Waals surface area contributed by atoms with Crippen LogP contribution in [0.4, 0.5) is 0 Å². The van der Waals surface area contributed by atoms with Gasteiger partial charge in [-0.05, 0) is 37.3 Å². The van der Waals surface area contributed by atoms with E-state index in [1.165, 1.54) is 0 Å². The van der Waals surface area contributed by atoms with Crippen LogP contribution in [0.5, 0.6) is 0 Å². The zero-order valence-corrected chi connectivity index (χ0v) is 17.9. The van der Waals surface area contributed by atoms with Crippen molar-refractivity contribution in [2.75, 3.05) is 13.1 Å². The van der Waals surface area contributed by atoms with Gasteiger partial charge in [-0.2, -0.15) is 0 Å². The van der Waals surface area contributed by atoms with Gasteiger partial charge in [0.2, 0.25) is 17.7 Å². The van der Waals surface area contributed by atoms with Gasteiger partial charge in [-0.15, -0.1) is 0 Å². The summed E-state index contributed by atoms with van der Waals surface area (Å²) in [5.74, 6) is -1.23. The van der Waals surface area contributed by atoms with Crippen molar-refractivity contribution in [1.82, 2.24) is 20.5 Å². The van der Waals surface area contributed by atoms with E-state index < -0.39 is 23.9 Å². The first-order chi connectivity index (χ1) is 15.4. The Balaban J connectivity index is 1.43. The first-order valence-electron chi connectivity index (χ1n) is 11.2. The van der Waals surface area contributed by atoms with Gasteiger partial charge >= 0.3 is 0 Å². The van der Waals surface area contributed by atoms with Crippen molar-refractivity contribution < 1.29 is 19.2 Å². The van der Waals surface area contributed by atoms with Gasteiger partial charge in [-0.1, -0.05) is 31.0 Å². The summed E-state index contributed by atoms with van der Waals surface area (Å²) in [5, 5.41) is 6.38. The summed E-state index contributed by atoms with van der Waals surface area (Å²) < 4.78 is 0. The van der Waals surface area contributed by atoms with E-state index in [4.69, 9.17) is 5.73 Å². The summed E-state index contributed by atoms with van der Waals surface area (Å²) >= 11 is 0. The number of hydrogen-bond acceptors (Lipinski definition) is 4. The van der Waals surface area contributed by atoms with Crippen LogP contribution in [0.25, 0.3) is 10.9 Å². The Morgan fingerprint density at radius 2 is 1.91 bits per heavy atom. The number of para-hydroxylation sites is 1. The minimum atomic E-state index is -1.00. The number of H-pyrrole nitrogens is 1. The van der Waals surface area contributed by atoms with Gasteiger partial charge in [-0.3, -0.25) is 19.2 Å². The second-order valence-corrected chi connectivity index (χ2v) is 8.74. The number of amides is 4. The summed E-state index contributed by atoms with van der Waals surface area (Å²) in [6.07, 6.45) is 4.62. The molecule has 32 heavy (non-hydrogen) atoms. The molecule has 0 spiro atoms. The summed E-state index contributed by atoms with van der Waals surface area (Å²) in [4.78, 5) is 54.6. The number of benzene rings is 1. The Labute approximate surface area is 186 Å². The fourth-order valence-electron chi connectivity index (χ4n) is 4.10. The van der Waals surface area contributed by atoms with Crippen LogP contribution < -0.4 is 16.4 Å².